The molecular formula is C13H10N2S. The van der Waals surface area contributed by atoms with Crippen molar-refractivity contribution in [2.45, 2.75) is 6.92 Å². The van der Waals surface area contributed by atoms with Gasteiger partial charge in [-0.1, -0.05) is 24.3 Å². The fraction of sp³-hybridized carbons (Fsp3) is 0.0769. The molecule has 2 aromatic heterocycles. The monoisotopic (exact) mass is 226 g/mol. The van der Waals surface area contributed by atoms with Crippen LogP contribution >= 0.6 is 11.3 Å². The second-order valence-corrected chi connectivity index (χ2v) is 4.89. The normalized spacial score (nSPS) is 10.8. The molecule has 16 heavy (non-hydrogen) atoms. The Morgan fingerprint density at radius 2 is 1.94 bits per heavy atom. The summed E-state index contributed by atoms with van der Waals surface area (Å²) < 4.78 is 0. The van der Waals surface area contributed by atoms with Crippen LogP contribution in [-0.4, -0.2) is 9.97 Å². The molecule has 3 rings (SSSR count). The minimum Gasteiger partial charge on any atom is -0.253 e. The summed E-state index contributed by atoms with van der Waals surface area (Å²) in [4.78, 5) is 10.0. The molecule has 0 aliphatic carbocycles. The summed E-state index contributed by atoms with van der Waals surface area (Å²) in [7, 11) is 0. The molecule has 0 spiro atoms. The fourth-order valence-electron chi connectivity index (χ4n) is 1.75. The average Bonchev–Trinajstić information content (AvgIpc) is 2.75. The summed E-state index contributed by atoms with van der Waals surface area (Å²) in [5, 5.41) is 3.37. The van der Waals surface area contributed by atoms with E-state index in [0.29, 0.717) is 0 Å². The van der Waals surface area contributed by atoms with Crippen LogP contribution in [0, 0.1) is 6.92 Å². The highest BCUT2D eigenvalue weighted by Gasteiger charge is 2.07. The maximum Gasteiger partial charge on any atom is 0.142 e. The molecule has 0 atom stereocenters. The molecule has 1 aromatic carbocycles. The average molecular weight is 226 g/mol. The van der Waals surface area contributed by atoms with Gasteiger partial charge < -0.3 is 0 Å². The number of aromatic nitrogens is 2. The highest BCUT2D eigenvalue weighted by molar-refractivity contribution is 7.15. The van der Waals surface area contributed by atoms with Gasteiger partial charge >= 0.3 is 0 Å². The van der Waals surface area contributed by atoms with Crippen molar-refractivity contribution in [1.29, 1.82) is 0 Å². The molecule has 0 amide bonds. The molecule has 2 nitrogen and oxygen atoms in total. The van der Waals surface area contributed by atoms with Crippen molar-refractivity contribution in [3.05, 3.63) is 47.6 Å². The molecule has 0 bridgehead atoms. The van der Waals surface area contributed by atoms with Crippen LogP contribution in [0.1, 0.15) is 4.88 Å². The third-order valence-corrected chi connectivity index (χ3v) is 3.42. The van der Waals surface area contributed by atoms with E-state index in [0.717, 1.165) is 10.7 Å². The predicted octanol–water partition coefficient (Wildman–Crippen LogP) is 3.67. The minimum absolute atomic E-state index is 0.983. The lowest BCUT2D eigenvalue weighted by atomic mass is 10.1. The van der Waals surface area contributed by atoms with Crippen molar-refractivity contribution in [1.82, 2.24) is 9.97 Å². The smallest absolute Gasteiger partial charge is 0.142 e. The van der Waals surface area contributed by atoms with Crippen molar-refractivity contribution < 1.29 is 0 Å². The van der Waals surface area contributed by atoms with Gasteiger partial charge in [-0.25, -0.2) is 4.98 Å². The summed E-state index contributed by atoms with van der Waals surface area (Å²) in [5.74, 6) is 0. The Bertz CT molecular complexity index is 638. The van der Waals surface area contributed by atoms with Gasteiger partial charge in [0.1, 0.15) is 10.7 Å². The Morgan fingerprint density at radius 3 is 2.75 bits per heavy atom. The topological polar surface area (TPSA) is 25.8 Å². The molecule has 0 saturated carbocycles. The third kappa shape index (κ3) is 1.49. The van der Waals surface area contributed by atoms with Gasteiger partial charge in [0, 0.05) is 22.7 Å². The summed E-state index contributed by atoms with van der Waals surface area (Å²) in [6.45, 7) is 2.06. The SMILES string of the molecule is Cc1cnc(-c2nccc3ccccc23)s1. The Morgan fingerprint density at radius 1 is 1.06 bits per heavy atom. The van der Waals surface area contributed by atoms with Crippen LogP contribution in [0.5, 0.6) is 0 Å². The zero-order valence-electron chi connectivity index (χ0n) is 8.84. The van der Waals surface area contributed by atoms with E-state index >= 15 is 0 Å². The van der Waals surface area contributed by atoms with E-state index in [1.165, 1.54) is 15.6 Å². The predicted molar refractivity (Wildman–Crippen MR) is 67.6 cm³/mol. The van der Waals surface area contributed by atoms with Crippen LogP contribution in [0.25, 0.3) is 21.5 Å². The second kappa shape index (κ2) is 3.68. The molecule has 0 saturated heterocycles. The molecule has 0 aliphatic rings. The fourth-order valence-corrected chi connectivity index (χ4v) is 2.53. The largest absolute Gasteiger partial charge is 0.253 e. The molecule has 0 fully saturated rings. The second-order valence-electron chi connectivity index (χ2n) is 3.66. The van der Waals surface area contributed by atoms with E-state index in [1.807, 2.05) is 30.6 Å². The van der Waals surface area contributed by atoms with Crippen LogP contribution in [0.2, 0.25) is 0 Å². The van der Waals surface area contributed by atoms with Crippen LogP contribution in [0.15, 0.2) is 42.7 Å². The standard InChI is InChI=1S/C13H10N2S/c1-9-8-15-13(16-9)12-11-5-3-2-4-10(11)6-7-14-12/h2-8H,1H3. The number of thiazole rings is 1. The maximum absolute atomic E-state index is 4.44. The van der Waals surface area contributed by atoms with Crippen molar-refractivity contribution >= 4 is 22.1 Å². The van der Waals surface area contributed by atoms with Gasteiger partial charge in [-0.05, 0) is 18.4 Å². The van der Waals surface area contributed by atoms with Gasteiger partial charge in [0.25, 0.3) is 0 Å². The first-order valence-corrected chi connectivity index (χ1v) is 5.93. The highest BCUT2D eigenvalue weighted by atomic mass is 32.1. The quantitative estimate of drug-likeness (QED) is 0.632. The molecular weight excluding hydrogens is 216 g/mol. The zero-order chi connectivity index (χ0) is 11.0. The van der Waals surface area contributed by atoms with Crippen LogP contribution < -0.4 is 0 Å². The van der Waals surface area contributed by atoms with Gasteiger partial charge in [0.05, 0.1) is 0 Å². The Labute approximate surface area is 97.6 Å². The number of hydrogen-bond donors (Lipinski definition) is 0. The minimum atomic E-state index is 0.983. The lowest BCUT2D eigenvalue weighted by Gasteiger charge is -2.01. The number of pyridine rings is 1. The molecule has 0 unspecified atom stereocenters. The summed E-state index contributed by atoms with van der Waals surface area (Å²) >= 11 is 1.68. The van der Waals surface area contributed by atoms with Gasteiger partial charge in [-0.3, -0.25) is 4.98 Å². The number of nitrogens with zero attached hydrogens (tertiary/aromatic N) is 2. The Balaban J connectivity index is 2.31. The number of aryl methyl sites for hydroxylation is 1. The van der Waals surface area contributed by atoms with Crippen LogP contribution in [-0.2, 0) is 0 Å². The van der Waals surface area contributed by atoms with E-state index in [9.17, 15) is 0 Å². The molecule has 3 heteroatoms. The molecule has 78 valence electrons. The number of benzene rings is 1. The van der Waals surface area contributed by atoms with Gasteiger partial charge in [0.15, 0.2) is 0 Å². The highest BCUT2D eigenvalue weighted by Crippen LogP contribution is 2.29. The maximum atomic E-state index is 4.44. The van der Waals surface area contributed by atoms with E-state index in [1.54, 1.807) is 11.3 Å². The summed E-state index contributed by atoms with van der Waals surface area (Å²) in [5.41, 5.74) is 0.983. The third-order valence-electron chi connectivity index (χ3n) is 2.50. The zero-order valence-corrected chi connectivity index (χ0v) is 9.66. The lowest BCUT2D eigenvalue weighted by molar-refractivity contribution is 1.31. The molecule has 0 radical (unpaired) electrons. The van der Waals surface area contributed by atoms with Crippen molar-refractivity contribution in [2.24, 2.45) is 0 Å². The first-order valence-electron chi connectivity index (χ1n) is 5.11. The Kier molecular flexibility index (Phi) is 2.18. The van der Waals surface area contributed by atoms with Crippen LogP contribution in [0.4, 0.5) is 0 Å². The number of hydrogen-bond acceptors (Lipinski definition) is 3. The molecule has 0 aliphatic heterocycles. The molecule has 3 aromatic rings. The first-order chi connectivity index (χ1) is 7.84. The number of rotatable bonds is 1. The van der Waals surface area contributed by atoms with Crippen molar-refractivity contribution in [3.63, 3.8) is 0 Å². The van der Waals surface area contributed by atoms with Crippen LogP contribution in [0.3, 0.4) is 0 Å². The molecule has 2 heterocycles. The first kappa shape index (κ1) is 9.48. The summed E-state index contributed by atoms with van der Waals surface area (Å²) in [6, 6.07) is 10.3. The molecule has 0 N–H and O–H groups in total. The number of fused-ring (bicyclic) bond motifs is 1. The van der Waals surface area contributed by atoms with E-state index in [-0.39, 0.29) is 0 Å². The van der Waals surface area contributed by atoms with Gasteiger partial charge in [-0.2, -0.15) is 0 Å². The van der Waals surface area contributed by atoms with Crippen molar-refractivity contribution in [3.8, 4) is 10.7 Å². The van der Waals surface area contributed by atoms with E-state index in [2.05, 4.69) is 29.0 Å². The lowest BCUT2D eigenvalue weighted by Crippen LogP contribution is -1.84. The van der Waals surface area contributed by atoms with E-state index in [4.69, 9.17) is 0 Å². The van der Waals surface area contributed by atoms with Gasteiger partial charge in [0.2, 0.25) is 0 Å². The van der Waals surface area contributed by atoms with E-state index < -0.39 is 0 Å². The Hall–Kier alpha value is -1.74. The van der Waals surface area contributed by atoms with Gasteiger partial charge in [-0.15, -0.1) is 11.3 Å². The summed E-state index contributed by atoms with van der Waals surface area (Å²) in [6.07, 6.45) is 3.73. The van der Waals surface area contributed by atoms with Crippen molar-refractivity contribution in [2.75, 3.05) is 0 Å².